The molecule has 1 atom stereocenters. The molecule has 1 aliphatic carbocycles. The molecule has 0 aliphatic heterocycles. The van der Waals surface area contributed by atoms with Crippen LogP contribution in [-0.4, -0.2) is 15.8 Å². The molecule has 1 aromatic heterocycles. The summed E-state index contributed by atoms with van der Waals surface area (Å²) < 4.78 is 13.6. The highest BCUT2D eigenvalue weighted by molar-refractivity contribution is 6.02. The Balaban J connectivity index is 2.15. The van der Waals surface area contributed by atoms with Crippen molar-refractivity contribution in [2.24, 2.45) is 0 Å². The van der Waals surface area contributed by atoms with E-state index in [-0.39, 0.29) is 17.5 Å². The largest absolute Gasteiger partial charge is 0.351 e. The van der Waals surface area contributed by atoms with Gasteiger partial charge < -0.3 is 4.98 Å². The van der Waals surface area contributed by atoms with Gasteiger partial charge in [0, 0.05) is 24.1 Å². The summed E-state index contributed by atoms with van der Waals surface area (Å²) in [4.78, 5) is 19.0. The van der Waals surface area contributed by atoms with E-state index in [1.807, 2.05) is 6.92 Å². The van der Waals surface area contributed by atoms with Crippen LogP contribution in [0.15, 0.2) is 24.7 Å². The Morgan fingerprint density at radius 3 is 2.94 bits per heavy atom. The Hall–Kier alpha value is -1.97. The molecule has 18 heavy (non-hydrogen) atoms. The fourth-order valence-electron chi connectivity index (χ4n) is 2.61. The number of nitrogens with one attached hydrogen (secondary N) is 1. The van der Waals surface area contributed by atoms with Crippen LogP contribution in [0.25, 0.3) is 0 Å². The highest BCUT2D eigenvalue weighted by Gasteiger charge is 2.27. The topological polar surface area (TPSA) is 45.8 Å². The predicted molar refractivity (Wildman–Crippen MR) is 65.2 cm³/mol. The van der Waals surface area contributed by atoms with Crippen molar-refractivity contribution in [2.45, 2.75) is 25.7 Å². The van der Waals surface area contributed by atoms with Crippen molar-refractivity contribution in [1.29, 1.82) is 0 Å². The van der Waals surface area contributed by atoms with E-state index < -0.39 is 0 Å². The van der Waals surface area contributed by atoms with E-state index >= 15 is 0 Å². The quantitative estimate of drug-likeness (QED) is 0.882. The summed E-state index contributed by atoms with van der Waals surface area (Å²) in [7, 11) is 0. The summed E-state index contributed by atoms with van der Waals surface area (Å²) in [6, 6.07) is 2.93. The van der Waals surface area contributed by atoms with Crippen molar-refractivity contribution in [3.63, 3.8) is 0 Å². The fraction of sp³-hybridized carbons (Fsp3) is 0.286. The number of ketones is 1. The Morgan fingerprint density at radius 1 is 1.39 bits per heavy atom. The van der Waals surface area contributed by atoms with E-state index in [4.69, 9.17) is 0 Å². The van der Waals surface area contributed by atoms with Crippen LogP contribution in [0.5, 0.6) is 0 Å². The first kappa shape index (κ1) is 11.1. The van der Waals surface area contributed by atoms with E-state index in [1.165, 1.54) is 12.1 Å². The number of aromatic nitrogens is 2. The summed E-state index contributed by atoms with van der Waals surface area (Å²) in [5.74, 6) is -0.244. The van der Waals surface area contributed by atoms with E-state index in [9.17, 15) is 9.18 Å². The van der Waals surface area contributed by atoms with E-state index in [0.717, 1.165) is 16.8 Å². The van der Waals surface area contributed by atoms with Crippen molar-refractivity contribution in [3.8, 4) is 0 Å². The van der Waals surface area contributed by atoms with Crippen molar-refractivity contribution in [1.82, 2.24) is 9.97 Å². The zero-order valence-corrected chi connectivity index (χ0v) is 10.0. The molecule has 92 valence electrons. The minimum Gasteiger partial charge on any atom is -0.351 e. The lowest BCUT2D eigenvalue weighted by Gasteiger charge is -2.13. The van der Waals surface area contributed by atoms with Gasteiger partial charge in [-0.25, -0.2) is 9.37 Å². The van der Waals surface area contributed by atoms with Gasteiger partial charge in [-0.05, 0) is 29.7 Å². The molecule has 3 rings (SSSR count). The van der Waals surface area contributed by atoms with E-state index in [2.05, 4.69) is 9.97 Å². The maximum atomic E-state index is 13.6. The molecular formula is C14H13FN2O. The lowest BCUT2D eigenvalue weighted by atomic mass is 9.91. The van der Waals surface area contributed by atoms with Crippen LogP contribution in [0.4, 0.5) is 4.39 Å². The number of carbonyl (C=O) groups is 1. The number of halogens is 1. The molecule has 0 unspecified atom stereocenters. The number of benzene rings is 1. The molecule has 0 bridgehead atoms. The molecule has 1 aromatic carbocycles. The standard InChI is InChI=1S/C14H13FN2O/c1-8(12-6-16-7-17-12)11-5-10(15)4-9-2-3-13(18)14(9)11/h4-8H,2-3H2,1H3,(H,16,17)/t8-/m1/s1. The number of fused-ring (bicyclic) bond motifs is 1. The maximum absolute atomic E-state index is 13.6. The molecule has 1 N–H and O–H groups in total. The van der Waals surface area contributed by atoms with Crippen LogP contribution < -0.4 is 0 Å². The number of nitrogens with zero attached hydrogens (tertiary/aromatic N) is 1. The molecular weight excluding hydrogens is 231 g/mol. The van der Waals surface area contributed by atoms with Crippen LogP contribution in [0.1, 0.15) is 46.4 Å². The summed E-state index contributed by atoms with van der Waals surface area (Å²) in [6.07, 6.45) is 4.50. The minimum absolute atomic E-state index is 0.0808. The highest BCUT2D eigenvalue weighted by atomic mass is 19.1. The highest BCUT2D eigenvalue weighted by Crippen LogP contribution is 2.33. The number of hydrogen-bond donors (Lipinski definition) is 1. The van der Waals surface area contributed by atoms with Gasteiger partial charge in [0.2, 0.25) is 0 Å². The van der Waals surface area contributed by atoms with Crippen LogP contribution in [0.3, 0.4) is 0 Å². The summed E-state index contributed by atoms with van der Waals surface area (Å²) in [6.45, 7) is 1.94. The average molecular weight is 244 g/mol. The number of Topliss-reactive ketones (excluding diaryl/α,β-unsaturated/α-hetero) is 1. The van der Waals surface area contributed by atoms with E-state index in [0.29, 0.717) is 18.4 Å². The van der Waals surface area contributed by atoms with Gasteiger partial charge in [0.15, 0.2) is 5.78 Å². The van der Waals surface area contributed by atoms with Gasteiger partial charge in [-0.2, -0.15) is 0 Å². The van der Waals surface area contributed by atoms with Gasteiger partial charge in [0.05, 0.1) is 12.0 Å². The van der Waals surface area contributed by atoms with Gasteiger partial charge in [0.1, 0.15) is 5.82 Å². The van der Waals surface area contributed by atoms with Crippen molar-refractivity contribution in [3.05, 3.63) is 52.9 Å². The smallest absolute Gasteiger partial charge is 0.163 e. The zero-order valence-electron chi connectivity index (χ0n) is 10.0. The van der Waals surface area contributed by atoms with Crippen molar-refractivity contribution in [2.75, 3.05) is 0 Å². The molecule has 3 nitrogen and oxygen atoms in total. The van der Waals surface area contributed by atoms with Gasteiger partial charge in [-0.3, -0.25) is 4.79 Å². The second kappa shape index (κ2) is 4.05. The minimum atomic E-state index is -0.277. The lowest BCUT2D eigenvalue weighted by Crippen LogP contribution is -2.06. The first-order valence-electron chi connectivity index (χ1n) is 6.01. The second-order valence-electron chi connectivity index (χ2n) is 4.67. The number of aromatic amines is 1. The molecule has 0 saturated carbocycles. The summed E-state index contributed by atoms with van der Waals surface area (Å²) in [5, 5.41) is 0. The Kier molecular flexibility index (Phi) is 2.51. The third kappa shape index (κ3) is 1.65. The van der Waals surface area contributed by atoms with Gasteiger partial charge >= 0.3 is 0 Å². The van der Waals surface area contributed by atoms with Crippen LogP contribution in [0.2, 0.25) is 0 Å². The van der Waals surface area contributed by atoms with E-state index in [1.54, 1.807) is 12.5 Å². The number of rotatable bonds is 2. The maximum Gasteiger partial charge on any atom is 0.163 e. The first-order valence-corrected chi connectivity index (χ1v) is 6.01. The Morgan fingerprint density at radius 2 is 2.22 bits per heavy atom. The molecule has 0 saturated heterocycles. The van der Waals surface area contributed by atoms with Gasteiger partial charge in [-0.1, -0.05) is 6.92 Å². The summed E-state index contributed by atoms with van der Waals surface area (Å²) >= 11 is 0. The lowest BCUT2D eigenvalue weighted by molar-refractivity contribution is 0.0993. The molecule has 0 fully saturated rings. The summed E-state index contributed by atoms with van der Waals surface area (Å²) in [5.41, 5.74) is 3.10. The van der Waals surface area contributed by atoms with Crippen LogP contribution in [0, 0.1) is 5.82 Å². The predicted octanol–water partition coefficient (Wildman–Crippen LogP) is 2.83. The molecule has 1 aliphatic rings. The number of carbonyl (C=O) groups excluding carboxylic acids is 1. The van der Waals surface area contributed by atoms with Gasteiger partial charge in [0.25, 0.3) is 0 Å². The Labute approximate surface area is 104 Å². The number of aryl methyl sites for hydroxylation is 1. The van der Waals surface area contributed by atoms with Crippen LogP contribution >= 0.6 is 0 Å². The SMILES string of the molecule is C[C@@H](c1c[nH]cn1)c1cc(F)cc2c1C(=O)CC2. The van der Waals surface area contributed by atoms with Crippen molar-refractivity contribution >= 4 is 5.78 Å². The normalized spacial score (nSPS) is 15.8. The molecule has 1 heterocycles. The average Bonchev–Trinajstić information content (AvgIpc) is 2.97. The number of hydrogen-bond acceptors (Lipinski definition) is 2. The number of imidazole rings is 1. The Bertz CT molecular complexity index is 605. The van der Waals surface area contributed by atoms with Crippen LogP contribution in [-0.2, 0) is 6.42 Å². The monoisotopic (exact) mass is 244 g/mol. The molecule has 0 spiro atoms. The molecule has 0 amide bonds. The second-order valence-corrected chi connectivity index (χ2v) is 4.67. The molecule has 2 aromatic rings. The molecule has 0 radical (unpaired) electrons. The fourth-order valence-corrected chi connectivity index (χ4v) is 2.61. The third-order valence-corrected chi connectivity index (χ3v) is 3.55. The molecule has 4 heteroatoms. The third-order valence-electron chi connectivity index (χ3n) is 3.55. The first-order chi connectivity index (χ1) is 8.66. The van der Waals surface area contributed by atoms with Gasteiger partial charge in [-0.15, -0.1) is 0 Å². The van der Waals surface area contributed by atoms with Crippen molar-refractivity contribution < 1.29 is 9.18 Å². The zero-order chi connectivity index (χ0) is 12.7. The number of H-pyrrole nitrogens is 1.